The van der Waals surface area contributed by atoms with Gasteiger partial charge in [0.05, 0.1) is 0 Å². The molecular weight excluding hydrogens is 386 g/mol. The zero-order valence-electron chi connectivity index (χ0n) is 21.3. The molecule has 0 bridgehead atoms. The Hall–Kier alpha value is -0.980. The molecule has 0 amide bonds. The molecule has 0 heterocycles. The molecule has 2 saturated carbocycles. The fraction of sp³-hybridized carbons (Fsp3) is 0.806. The topological polar surface area (TPSA) is 26.0 Å². The van der Waals surface area contributed by atoms with Crippen LogP contribution in [0.4, 0.5) is 5.69 Å². The zero-order valence-corrected chi connectivity index (χ0v) is 21.3. The highest BCUT2D eigenvalue weighted by atomic mass is 14.5. The summed E-state index contributed by atoms with van der Waals surface area (Å²) in [4.78, 5) is 0. The lowest BCUT2D eigenvalue weighted by molar-refractivity contribution is 0.155. The summed E-state index contributed by atoms with van der Waals surface area (Å²) in [5.41, 5.74) is 8.28. The van der Waals surface area contributed by atoms with Crippen molar-refractivity contribution in [1.82, 2.24) is 0 Å². The Morgan fingerprint density at radius 2 is 1.06 bits per heavy atom. The van der Waals surface area contributed by atoms with Crippen LogP contribution in [0.5, 0.6) is 0 Å². The Balaban J connectivity index is 1.18. The van der Waals surface area contributed by atoms with Crippen LogP contribution in [0.25, 0.3) is 0 Å². The summed E-state index contributed by atoms with van der Waals surface area (Å²) in [6, 6.07) is 8.69. The van der Waals surface area contributed by atoms with E-state index in [2.05, 4.69) is 31.2 Å². The van der Waals surface area contributed by atoms with Gasteiger partial charge in [0.25, 0.3) is 0 Å². The van der Waals surface area contributed by atoms with Gasteiger partial charge >= 0.3 is 0 Å². The zero-order chi connectivity index (χ0) is 22.4. The van der Waals surface area contributed by atoms with E-state index in [4.69, 9.17) is 5.73 Å². The van der Waals surface area contributed by atoms with Crippen LogP contribution in [0.2, 0.25) is 0 Å². The van der Waals surface area contributed by atoms with E-state index in [1.54, 1.807) is 0 Å². The quantitative estimate of drug-likeness (QED) is 0.226. The van der Waals surface area contributed by atoms with Crippen molar-refractivity contribution >= 4 is 5.69 Å². The van der Waals surface area contributed by atoms with Crippen molar-refractivity contribution in [3.05, 3.63) is 29.8 Å². The molecule has 1 nitrogen and oxygen atoms in total. The molecule has 0 saturated heterocycles. The largest absolute Gasteiger partial charge is 0.399 e. The highest BCUT2D eigenvalue weighted by Crippen LogP contribution is 2.44. The number of nitrogen functional groups attached to an aromatic ring is 1. The van der Waals surface area contributed by atoms with Crippen LogP contribution in [0.3, 0.4) is 0 Å². The van der Waals surface area contributed by atoms with Crippen molar-refractivity contribution in [3.63, 3.8) is 0 Å². The van der Waals surface area contributed by atoms with E-state index in [0.717, 1.165) is 29.4 Å². The van der Waals surface area contributed by atoms with Crippen molar-refractivity contribution in [3.8, 4) is 0 Å². The third-order valence-corrected chi connectivity index (χ3v) is 8.95. The van der Waals surface area contributed by atoms with E-state index >= 15 is 0 Å². The molecular formula is C31H53N. The second kappa shape index (κ2) is 15.0. The molecule has 0 aromatic heterocycles. The maximum Gasteiger partial charge on any atom is 0.0314 e. The molecule has 2 aliphatic rings. The minimum atomic E-state index is 0.782. The van der Waals surface area contributed by atoms with Crippen LogP contribution >= 0.6 is 0 Å². The van der Waals surface area contributed by atoms with Gasteiger partial charge in [-0.05, 0) is 79.9 Å². The maximum absolute atomic E-state index is 5.87. The van der Waals surface area contributed by atoms with E-state index in [1.165, 1.54) is 134 Å². The van der Waals surface area contributed by atoms with E-state index < -0.39 is 0 Å². The van der Waals surface area contributed by atoms with Crippen molar-refractivity contribution in [2.75, 3.05) is 5.73 Å². The van der Waals surface area contributed by atoms with Crippen molar-refractivity contribution in [2.45, 2.75) is 141 Å². The Kier molecular flexibility index (Phi) is 12.0. The predicted molar refractivity (Wildman–Crippen MR) is 142 cm³/mol. The summed E-state index contributed by atoms with van der Waals surface area (Å²) < 4.78 is 0. The Morgan fingerprint density at radius 3 is 1.59 bits per heavy atom. The smallest absolute Gasteiger partial charge is 0.0314 e. The average molecular weight is 440 g/mol. The monoisotopic (exact) mass is 439 g/mol. The second-order valence-corrected chi connectivity index (χ2v) is 11.4. The van der Waals surface area contributed by atoms with Gasteiger partial charge in [0.1, 0.15) is 0 Å². The summed E-state index contributed by atoms with van der Waals surface area (Å²) in [5.74, 6) is 3.89. The molecule has 0 atom stereocenters. The van der Waals surface area contributed by atoms with Gasteiger partial charge in [-0.2, -0.15) is 0 Å². The van der Waals surface area contributed by atoms with E-state index in [9.17, 15) is 0 Å². The first kappa shape index (κ1) is 25.6. The van der Waals surface area contributed by atoms with Crippen LogP contribution in [0.15, 0.2) is 24.3 Å². The Morgan fingerprint density at radius 1 is 0.594 bits per heavy atom. The van der Waals surface area contributed by atoms with Gasteiger partial charge in [0.15, 0.2) is 0 Å². The Labute approximate surface area is 200 Å². The lowest BCUT2D eigenvalue weighted by atomic mass is 9.68. The lowest BCUT2D eigenvalue weighted by Gasteiger charge is -2.38. The molecule has 2 aliphatic carbocycles. The predicted octanol–water partition coefficient (Wildman–Crippen LogP) is 10.1. The average Bonchev–Trinajstić information content (AvgIpc) is 2.84. The minimum Gasteiger partial charge on any atom is -0.399 e. The Bertz CT molecular complexity index is 575. The second-order valence-electron chi connectivity index (χ2n) is 11.4. The number of anilines is 1. The van der Waals surface area contributed by atoms with Crippen LogP contribution in [0.1, 0.15) is 147 Å². The number of hydrogen-bond acceptors (Lipinski definition) is 1. The van der Waals surface area contributed by atoms with Crippen LogP contribution in [-0.2, 0) is 0 Å². The lowest BCUT2D eigenvalue weighted by Crippen LogP contribution is -2.25. The molecule has 1 aromatic carbocycles. The molecule has 1 aromatic rings. The highest BCUT2D eigenvalue weighted by molar-refractivity contribution is 5.40. The molecule has 3 rings (SSSR count). The van der Waals surface area contributed by atoms with Gasteiger partial charge in [-0.3, -0.25) is 0 Å². The van der Waals surface area contributed by atoms with Crippen molar-refractivity contribution in [2.24, 2.45) is 17.8 Å². The summed E-state index contributed by atoms with van der Waals surface area (Å²) in [7, 11) is 0. The summed E-state index contributed by atoms with van der Waals surface area (Å²) in [6.07, 6.45) is 29.5. The van der Waals surface area contributed by atoms with Gasteiger partial charge in [-0.25, -0.2) is 0 Å². The van der Waals surface area contributed by atoms with Crippen LogP contribution < -0.4 is 5.73 Å². The first-order valence-corrected chi connectivity index (χ1v) is 14.6. The van der Waals surface area contributed by atoms with E-state index in [-0.39, 0.29) is 0 Å². The number of rotatable bonds is 14. The molecule has 0 spiro atoms. The van der Waals surface area contributed by atoms with Crippen LogP contribution in [-0.4, -0.2) is 0 Å². The van der Waals surface area contributed by atoms with Gasteiger partial charge < -0.3 is 5.73 Å². The molecule has 0 aliphatic heterocycles. The fourth-order valence-corrected chi connectivity index (χ4v) is 6.74. The number of benzene rings is 1. The summed E-state index contributed by atoms with van der Waals surface area (Å²) >= 11 is 0. The minimum absolute atomic E-state index is 0.782. The molecule has 182 valence electrons. The van der Waals surface area contributed by atoms with Gasteiger partial charge in [-0.1, -0.05) is 109 Å². The third-order valence-electron chi connectivity index (χ3n) is 8.95. The molecule has 2 N–H and O–H groups in total. The standard InChI is InChI=1S/C31H53N/c1-2-3-4-5-6-7-8-9-10-11-12-13-26-14-16-27(17-15-26)28-18-20-29(21-19-28)30-22-24-31(32)25-23-30/h22-29H,2-21,32H2,1H3. The fourth-order valence-electron chi connectivity index (χ4n) is 6.74. The maximum atomic E-state index is 5.87. The van der Waals surface area contributed by atoms with Crippen LogP contribution in [0, 0.1) is 17.8 Å². The highest BCUT2D eigenvalue weighted by Gasteiger charge is 2.31. The van der Waals surface area contributed by atoms with E-state index in [1.807, 2.05) is 0 Å². The first-order valence-electron chi connectivity index (χ1n) is 14.6. The number of nitrogens with two attached hydrogens (primary N) is 1. The number of unbranched alkanes of at least 4 members (excludes halogenated alkanes) is 10. The SMILES string of the molecule is CCCCCCCCCCCCCC1CCC(C2CCC(c3ccc(N)cc3)CC2)CC1. The molecule has 0 radical (unpaired) electrons. The molecule has 1 heteroatoms. The van der Waals surface area contributed by atoms with Gasteiger partial charge in [0.2, 0.25) is 0 Å². The normalized spacial score (nSPS) is 26.3. The van der Waals surface area contributed by atoms with E-state index in [0.29, 0.717) is 0 Å². The third kappa shape index (κ3) is 9.11. The number of hydrogen-bond donors (Lipinski definition) is 1. The molecule has 0 unspecified atom stereocenters. The van der Waals surface area contributed by atoms with Gasteiger partial charge in [-0.15, -0.1) is 0 Å². The van der Waals surface area contributed by atoms with Gasteiger partial charge in [0, 0.05) is 5.69 Å². The van der Waals surface area contributed by atoms with Crippen molar-refractivity contribution in [1.29, 1.82) is 0 Å². The summed E-state index contributed by atoms with van der Waals surface area (Å²) in [6.45, 7) is 2.31. The summed E-state index contributed by atoms with van der Waals surface area (Å²) in [5, 5.41) is 0. The first-order chi connectivity index (χ1) is 15.8. The molecule has 2 fully saturated rings. The van der Waals surface area contributed by atoms with Crippen molar-refractivity contribution < 1.29 is 0 Å². The molecule has 32 heavy (non-hydrogen) atoms.